The third-order valence-corrected chi connectivity index (χ3v) is 4.56. The Morgan fingerprint density at radius 2 is 2.04 bits per heavy atom. The van der Waals surface area contributed by atoms with E-state index in [9.17, 15) is 0 Å². The molecule has 24 heavy (non-hydrogen) atoms. The minimum Gasteiger partial charge on any atom is -0.356 e. The highest BCUT2D eigenvalue weighted by molar-refractivity contribution is 5.79. The quantitative estimate of drug-likeness (QED) is 0.596. The average molecular weight is 331 g/mol. The summed E-state index contributed by atoms with van der Waals surface area (Å²) < 4.78 is 0. The predicted molar refractivity (Wildman–Crippen MR) is 104 cm³/mol. The molecule has 1 aliphatic heterocycles. The van der Waals surface area contributed by atoms with Crippen LogP contribution in [0.3, 0.4) is 0 Å². The average Bonchev–Trinajstić information content (AvgIpc) is 2.58. The van der Waals surface area contributed by atoms with Crippen LogP contribution >= 0.6 is 0 Å². The molecule has 1 unspecified atom stereocenters. The number of piperidine rings is 1. The van der Waals surface area contributed by atoms with Crippen molar-refractivity contribution in [3.8, 4) is 0 Å². The lowest BCUT2D eigenvalue weighted by Gasteiger charge is -2.34. The first-order valence-corrected chi connectivity index (χ1v) is 9.38. The lowest BCUT2D eigenvalue weighted by atomic mass is 9.97. The molecule has 2 rings (SSSR count). The van der Waals surface area contributed by atoms with Crippen LogP contribution in [0.1, 0.15) is 32.3 Å². The Balaban J connectivity index is 1.67. The monoisotopic (exact) mass is 330 g/mol. The molecule has 0 amide bonds. The fourth-order valence-electron chi connectivity index (χ4n) is 3.43. The molecule has 0 radical (unpaired) electrons. The van der Waals surface area contributed by atoms with E-state index in [1.54, 1.807) is 0 Å². The molecule has 0 spiro atoms. The Labute approximate surface area is 147 Å². The molecule has 1 atom stereocenters. The fourth-order valence-corrected chi connectivity index (χ4v) is 3.43. The van der Waals surface area contributed by atoms with E-state index in [0.717, 1.165) is 37.3 Å². The van der Waals surface area contributed by atoms with E-state index in [1.807, 2.05) is 7.05 Å². The highest BCUT2D eigenvalue weighted by atomic mass is 15.2. The number of rotatable bonds is 7. The van der Waals surface area contributed by atoms with Crippen LogP contribution in [0.15, 0.2) is 35.3 Å². The zero-order valence-electron chi connectivity index (χ0n) is 15.6. The first kappa shape index (κ1) is 18.8. The zero-order valence-corrected chi connectivity index (χ0v) is 15.6. The first-order chi connectivity index (χ1) is 11.7. The van der Waals surface area contributed by atoms with Gasteiger partial charge < -0.3 is 15.5 Å². The molecule has 0 aliphatic carbocycles. The predicted octanol–water partition coefficient (Wildman–Crippen LogP) is 2.76. The molecule has 1 saturated heterocycles. The van der Waals surface area contributed by atoms with E-state index in [1.165, 1.54) is 38.0 Å². The number of hydrogen-bond acceptors (Lipinski definition) is 2. The Morgan fingerprint density at radius 3 is 2.75 bits per heavy atom. The lowest BCUT2D eigenvalue weighted by Crippen LogP contribution is -2.45. The van der Waals surface area contributed by atoms with Gasteiger partial charge in [-0.05, 0) is 43.2 Å². The van der Waals surface area contributed by atoms with Crippen molar-refractivity contribution in [2.45, 2.75) is 33.1 Å². The van der Waals surface area contributed by atoms with Crippen LogP contribution in [-0.2, 0) is 6.42 Å². The Morgan fingerprint density at radius 1 is 1.25 bits per heavy atom. The van der Waals surface area contributed by atoms with Crippen LogP contribution in [0, 0.1) is 11.8 Å². The summed E-state index contributed by atoms with van der Waals surface area (Å²) in [5, 5.41) is 6.94. The van der Waals surface area contributed by atoms with Crippen molar-refractivity contribution < 1.29 is 0 Å². The Hall–Kier alpha value is -1.55. The van der Waals surface area contributed by atoms with Gasteiger partial charge in [-0.25, -0.2) is 0 Å². The van der Waals surface area contributed by atoms with Gasteiger partial charge in [-0.1, -0.05) is 44.2 Å². The molecular weight excluding hydrogens is 296 g/mol. The van der Waals surface area contributed by atoms with Crippen molar-refractivity contribution in [2.75, 3.05) is 39.8 Å². The summed E-state index contributed by atoms with van der Waals surface area (Å²) in [5.41, 5.74) is 1.36. The van der Waals surface area contributed by atoms with E-state index in [2.05, 4.69) is 64.7 Å². The molecule has 0 saturated carbocycles. The van der Waals surface area contributed by atoms with Gasteiger partial charge in [0.25, 0.3) is 0 Å². The van der Waals surface area contributed by atoms with E-state index in [-0.39, 0.29) is 0 Å². The molecule has 0 bridgehead atoms. The van der Waals surface area contributed by atoms with Crippen LogP contribution in [-0.4, -0.2) is 50.6 Å². The molecule has 1 heterocycles. The topological polar surface area (TPSA) is 39.7 Å². The van der Waals surface area contributed by atoms with Gasteiger partial charge in [0, 0.05) is 33.2 Å². The van der Waals surface area contributed by atoms with Gasteiger partial charge in [-0.3, -0.25) is 4.99 Å². The molecule has 4 heteroatoms. The van der Waals surface area contributed by atoms with Crippen LogP contribution in [0.25, 0.3) is 0 Å². The van der Waals surface area contributed by atoms with Crippen molar-refractivity contribution in [3.63, 3.8) is 0 Å². The second-order valence-corrected chi connectivity index (χ2v) is 7.28. The SMILES string of the molecule is CN=C(NCCc1ccccc1)NCC1CCCN(CC(C)C)C1. The van der Waals surface area contributed by atoms with Crippen molar-refractivity contribution in [2.24, 2.45) is 16.8 Å². The highest BCUT2D eigenvalue weighted by Crippen LogP contribution is 2.16. The number of guanidine groups is 1. The molecular formula is C20H34N4. The second-order valence-electron chi connectivity index (χ2n) is 7.28. The third-order valence-electron chi connectivity index (χ3n) is 4.56. The molecule has 1 aliphatic rings. The minimum atomic E-state index is 0.727. The number of aliphatic imine (C=N–C) groups is 1. The fraction of sp³-hybridized carbons (Fsp3) is 0.650. The molecule has 1 aromatic rings. The summed E-state index contributed by atoms with van der Waals surface area (Å²) in [6.45, 7) is 10.2. The summed E-state index contributed by atoms with van der Waals surface area (Å²) in [5.74, 6) is 2.40. The first-order valence-electron chi connectivity index (χ1n) is 9.38. The van der Waals surface area contributed by atoms with Crippen molar-refractivity contribution in [1.82, 2.24) is 15.5 Å². The third kappa shape index (κ3) is 6.91. The maximum absolute atomic E-state index is 4.35. The molecule has 1 fully saturated rings. The number of benzene rings is 1. The van der Waals surface area contributed by atoms with Gasteiger partial charge in [0.05, 0.1) is 0 Å². The number of hydrogen-bond donors (Lipinski definition) is 2. The van der Waals surface area contributed by atoms with Gasteiger partial charge >= 0.3 is 0 Å². The van der Waals surface area contributed by atoms with E-state index in [0.29, 0.717) is 0 Å². The number of likely N-dealkylation sites (tertiary alicyclic amines) is 1. The van der Waals surface area contributed by atoms with Crippen LogP contribution in [0.5, 0.6) is 0 Å². The number of nitrogens with one attached hydrogen (secondary N) is 2. The summed E-state index contributed by atoms with van der Waals surface area (Å²) in [4.78, 5) is 6.97. The van der Waals surface area contributed by atoms with Crippen LogP contribution < -0.4 is 10.6 Å². The Kier molecular flexibility index (Phi) is 8.10. The largest absolute Gasteiger partial charge is 0.356 e. The molecule has 134 valence electrons. The van der Waals surface area contributed by atoms with E-state index < -0.39 is 0 Å². The normalized spacial score (nSPS) is 19.5. The van der Waals surface area contributed by atoms with Gasteiger partial charge in [0.1, 0.15) is 0 Å². The maximum atomic E-state index is 4.35. The second kappa shape index (κ2) is 10.3. The standard InChI is InChI=1S/C20H34N4/c1-17(2)15-24-13-7-10-19(16-24)14-23-20(21-3)22-12-11-18-8-5-4-6-9-18/h4-6,8-9,17,19H,7,10-16H2,1-3H3,(H2,21,22,23). The Bertz CT molecular complexity index is 484. The van der Waals surface area contributed by atoms with Gasteiger partial charge in [-0.15, -0.1) is 0 Å². The highest BCUT2D eigenvalue weighted by Gasteiger charge is 2.20. The van der Waals surface area contributed by atoms with Gasteiger partial charge in [-0.2, -0.15) is 0 Å². The summed E-state index contributed by atoms with van der Waals surface area (Å²) >= 11 is 0. The molecule has 1 aromatic carbocycles. The zero-order chi connectivity index (χ0) is 17.2. The van der Waals surface area contributed by atoms with Gasteiger partial charge in [0.15, 0.2) is 5.96 Å². The summed E-state index contributed by atoms with van der Waals surface area (Å²) in [6, 6.07) is 10.6. The van der Waals surface area contributed by atoms with Crippen LogP contribution in [0.2, 0.25) is 0 Å². The van der Waals surface area contributed by atoms with E-state index in [4.69, 9.17) is 0 Å². The van der Waals surface area contributed by atoms with Crippen molar-refractivity contribution in [1.29, 1.82) is 0 Å². The van der Waals surface area contributed by atoms with Crippen molar-refractivity contribution in [3.05, 3.63) is 35.9 Å². The van der Waals surface area contributed by atoms with E-state index >= 15 is 0 Å². The minimum absolute atomic E-state index is 0.727. The lowest BCUT2D eigenvalue weighted by molar-refractivity contribution is 0.159. The molecule has 2 N–H and O–H groups in total. The molecule has 4 nitrogen and oxygen atoms in total. The molecule has 0 aromatic heterocycles. The smallest absolute Gasteiger partial charge is 0.190 e. The summed E-state index contributed by atoms with van der Waals surface area (Å²) in [7, 11) is 1.85. The van der Waals surface area contributed by atoms with Crippen LogP contribution in [0.4, 0.5) is 0 Å². The van der Waals surface area contributed by atoms with Crippen molar-refractivity contribution >= 4 is 5.96 Å². The number of nitrogens with zero attached hydrogens (tertiary/aromatic N) is 2. The summed E-state index contributed by atoms with van der Waals surface area (Å²) in [6.07, 6.45) is 3.66. The maximum Gasteiger partial charge on any atom is 0.190 e. The van der Waals surface area contributed by atoms with Gasteiger partial charge in [0.2, 0.25) is 0 Å².